The molecule has 1 heterocycles. The first-order valence-corrected chi connectivity index (χ1v) is 7.36. The van der Waals surface area contributed by atoms with Crippen molar-refractivity contribution in [1.82, 2.24) is 5.32 Å². The second kappa shape index (κ2) is 7.08. The second-order valence-electron chi connectivity index (χ2n) is 5.05. The van der Waals surface area contributed by atoms with E-state index in [1.807, 2.05) is 0 Å². The number of hydrogen-bond acceptors (Lipinski definition) is 2. The minimum absolute atomic E-state index is 0.422. The summed E-state index contributed by atoms with van der Waals surface area (Å²) in [4.78, 5) is 0. The molecule has 0 bridgehead atoms. The maximum atomic E-state index is 3.58. The van der Waals surface area contributed by atoms with E-state index in [1.165, 1.54) is 31.2 Å². The summed E-state index contributed by atoms with van der Waals surface area (Å²) in [5, 5.41) is 8.04. The van der Waals surface area contributed by atoms with Gasteiger partial charge in [-0.25, -0.2) is 0 Å². The van der Waals surface area contributed by atoms with E-state index in [4.69, 9.17) is 0 Å². The van der Waals surface area contributed by atoms with Crippen molar-refractivity contribution in [2.24, 2.45) is 5.41 Å². The van der Waals surface area contributed by atoms with Gasteiger partial charge in [0.05, 0.1) is 0 Å². The Morgan fingerprint density at radius 1 is 1.31 bits per heavy atom. The summed E-state index contributed by atoms with van der Waals surface area (Å²) in [5.41, 5.74) is 1.92. The molecule has 0 fully saturated rings. The van der Waals surface area contributed by atoms with Crippen LogP contribution in [0.3, 0.4) is 0 Å². The van der Waals surface area contributed by atoms with Crippen LogP contribution in [0.25, 0.3) is 0 Å². The standard InChI is InChI=1S/C14H25NS/c1-4-7-14(3,12-15-8-5-2)10-13-6-9-16-11-13/h6,9,11,15H,4-5,7-8,10,12H2,1-3H3. The Kier molecular flexibility index (Phi) is 6.07. The predicted molar refractivity (Wildman–Crippen MR) is 74.2 cm³/mol. The van der Waals surface area contributed by atoms with Gasteiger partial charge < -0.3 is 5.32 Å². The highest BCUT2D eigenvalue weighted by atomic mass is 32.1. The zero-order valence-electron chi connectivity index (χ0n) is 10.9. The van der Waals surface area contributed by atoms with Gasteiger partial charge in [-0.2, -0.15) is 11.3 Å². The highest BCUT2D eigenvalue weighted by molar-refractivity contribution is 7.07. The molecule has 0 aliphatic carbocycles. The molecule has 0 saturated carbocycles. The summed E-state index contributed by atoms with van der Waals surface area (Å²) in [6, 6.07) is 2.26. The average Bonchev–Trinajstić information content (AvgIpc) is 2.71. The van der Waals surface area contributed by atoms with Crippen molar-refractivity contribution in [3.63, 3.8) is 0 Å². The summed E-state index contributed by atoms with van der Waals surface area (Å²) in [6.45, 7) is 9.21. The van der Waals surface area contributed by atoms with Crippen molar-refractivity contribution < 1.29 is 0 Å². The summed E-state index contributed by atoms with van der Waals surface area (Å²) >= 11 is 1.81. The Morgan fingerprint density at radius 2 is 2.12 bits per heavy atom. The van der Waals surface area contributed by atoms with Gasteiger partial charge in [0.15, 0.2) is 0 Å². The lowest BCUT2D eigenvalue weighted by Gasteiger charge is -2.29. The van der Waals surface area contributed by atoms with Gasteiger partial charge >= 0.3 is 0 Å². The van der Waals surface area contributed by atoms with Gasteiger partial charge in [-0.05, 0) is 53.6 Å². The van der Waals surface area contributed by atoms with E-state index in [0.717, 1.165) is 13.1 Å². The van der Waals surface area contributed by atoms with Crippen LogP contribution in [-0.4, -0.2) is 13.1 Å². The quantitative estimate of drug-likeness (QED) is 0.674. The first-order chi connectivity index (χ1) is 7.70. The molecule has 0 saturated heterocycles. The Labute approximate surface area is 104 Å². The monoisotopic (exact) mass is 239 g/mol. The Morgan fingerprint density at radius 3 is 2.69 bits per heavy atom. The van der Waals surface area contributed by atoms with Crippen molar-refractivity contribution in [2.75, 3.05) is 13.1 Å². The number of nitrogens with one attached hydrogen (secondary N) is 1. The number of hydrogen-bond donors (Lipinski definition) is 1. The summed E-state index contributed by atoms with van der Waals surface area (Å²) in [7, 11) is 0. The average molecular weight is 239 g/mol. The highest BCUT2D eigenvalue weighted by Gasteiger charge is 2.23. The Bertz CT molecular complexity index is 268. The normalized spacial score (nSPS) is 14.9. The Balaban J connectivity index is 2.50. The molecule has 1 rings (SSSR count). The van der Waals surface area contributed by atoms with E-state index in [1.54, 1.807) is 11.3 Å². The number of rotatable bonds is 8. The molecule has 0 spiro atoms. The largest absolute Gasteiger partial charge is 0.316 e. The van der Waals surface area contributed by atoms with Gasteiger partial charge in [0.1, 0.15) is 0 Å². The minimum atomic E-state index is 0.422. The molecular formula is C14H25NS. The molecule has 0 radical (unpaired) electrons. The molecule has 0 amide bonds. The molecule has 92 valence electrons. The van der Waals surface area contributed by atoms with Crippen molar-refractivity contribution in [2.45, 2.75) is 46.5 Å². The van der Waals surface area contributed by atoms with Crippen LogP contribution in [0.15, 0.2) is 16.8 Å². The minimum Gasteiger partial charge on any atom is -0.316 e. The summed E-state index contributed by atoms with van der Waals surface area (Å²) in [6.07, 6.45) is 5.01. The first-order valence-electron chi connectivity index (χ1n) is 6.42. The van der Waals surface area contributed by atoms with E-state index in [9.17, 15) is 0 Å². The molecular weight excluding hydrogens is 214 g/mol. The van der Waals surface area contributed by atoms with Crippen LogP contribution in [0, 0.1) is 5.41 Å². The van der Waals surface area contributed by atoms with Crippen LogP contribution >= 0.6 is 11.3 Å². The van der Waals surface area contributed by atoms with Crippen LogP contribution in [0.5, 0.6) is 0 Å². The molecule has 2 heteroatoms. The predicted octanol–water partition coefficient (Wildman–Crippen LogP) is 4.10. The molecule has 16 heavy (non-hydrogen) atoms. The molecule has 0 aliphatic heterocycles. The molecule has 1 unspecified atom stereocenters. The molecule has 1 nitrogen and oxygen atoms in total. The van der Waals surface area contributed by atoms with Gasteiger partial charge in [-0.1, -0.05) is 27.2 Å². The molecule has 1 atom stereocenters. The third-order valence-electron chi connectivity index (χ3n) is 3.04. The lowest BCUT2D eigenvalue weighted by molar-refractivity contribution is 0.276. The lowest BCUT2D eigenvalue weighted by atomic mass is 9.80. The lowest BCUT2D eigenvalue weighted by Crippen LogP contribution is -2.34. The fourth-order valence-corrected chi connectivity index (χ4v) is 2.96. The van der Waals surface area contributed by atoms with Crippen LogP contribution in [0.4, 0.5) is 0 Å². The van der Waals surface area contributed by atoms with E-state index in [-0.39, 0.29) is 0 Å². The van der Waals surface area contributed by atoms with Gasteiger partial charge in [-0.15, -0.1) is 0 Å². The van der Waals surface area contributed by atoms with Crippen molar-refractivity contribution in [1.29, 1.82) is 0 Å². The van der Waals surface area contributed by atoms with Gasteiger partial charge in [0, 0.05) is 6.54 Å². The topological polar surface area (TPSA) is 12.0 Å². The smallest absolute Gasteiger partial charge is 0.000835 e. The fourth-order valence-electron chi connectivity index (χ4n) is 2.30. The summed E-state index contributed by atoms with van der Waals surface area (Å²) in [5.74, 6) is 0. The zero-order valence-corrected chi connectivity index (χ0v) is 11.7. The van der Waals surface area contributed by atoms with Gasteiger partial charge in [-0.3, -0.25) is 0 Å². The number of thiophene rings is 1. The summed E-state index contributed by atoms with van der Waals surface area (Å²) < 4.78 is 0. The Hall–Kier alpha value is -0.340. The molecule has 1 aromatic rings. The van der Waals surface area contributed by atoms with Crippen LogP contribution in [0.2, 0.25) is 0 Å². The molecule has 0 aromatic carbocycles. The maximum absolute atomic E-state index is 3.58. The first kappa shape index (κ1) is 13.7. The van der Waals surface area contributed by atoms with Crippen molar-refractivity contribution in [3.05, 3.63) is 22.4 Å². The van der Waals surface area contributed by atoms with Crippen LogP contribution < -0.4 is 5.32 Å². The van der Waals surface area contributed by atoms with Crippen LogP contribution in [-0.2, 0) is 6.42 Å². The molecule has 1 aromatic heterocycles. The molecule has 1 N–H and O–H groups in total. The SMILES string of the molecule is CCCNCC(C)(CCC)Cc1ccsc1. The van der Waals surface area contributed by atoms with E-state index < -0.39 is 0 Å². The third kappa shape index (κ3) is 4.67. The third-order valence-corrected chi connectivity index (χ3v) is 3.78. The zero-order chi connectivity index (χ0) is 11.9. The molecule has 0 aliphatic rings. The fraction of sp³-hybridized carbons (Fsp3) is 0.714. The van der Waals surface area contributed by atoms with Crippen molar-refractivity contribution in [3.8, 4) is 0 Å². The second-order valence-corrected chi connectivity index (χ2v) is 5.83. The van der Waals surface area contributed by atoms with Crippen molar-refractivity contribution >= 4 is 11.3 Å². The highest BCUT2D eigenvalue weighted by Crippen LogP contribution is 2.28. The van der Waals surface area contributed by atoms with Gasteiger partial charge in [0.25, 0.3) is 0 Å². The van der Waals surface area contributed by atoms with Gasteiger partial charge in [0.2, 0.25) is 0 Å². The maximum Gasteiger partial charge on any atom is 0.000835 e. The van der Waals surface area contributed by atoms with Crippen LogP contribution in [0.1, 0.15) is 45.6 Å². The van der Waals surface area contributed by atoms with E-state index in [0.29, 0.717) is 5.41 Å². The van der Waals surface area contributed by atoms with E-state index >= 15 is 0 Å². The van der Waals surface area contributed by atoms with E-state index in [2.05, 4.69) is 42.9 Å².